The van der Waals surface area contributed by atoms with Crippen LogP contribution in [-0.2, 0) is 18.7 Å². The predicted molar refractivity (Wildman–Crippen MR) is 71.3 cm³/mol. The van der Waals surface area contributed by atoms with E-state index in [9.17, 15) is 4.79 Å². The Morgan fingerprint density at radius 3 is 2.88 bits per heavy atom. The number of thioether (sulfide) groups is 1. The van der Waals surface area contributed by atoms with Crippen molar-refractivity contribution in [3.63, 3.8) is 0 Å². The highest BCUT2D eigenvalue weighted by Crippen LogP contribution is 2.25. The van der Waals surface area contributed by atoms with Gasteiger partial charge in [-0.15, -0.1) is 11.8 Å². The molecule has 0 spiro atoms. The van der Waals surface area contributed by atoms with Gasteiger partial charge >= 0.3 is 0 Å². The summed E-state index contributed by atoms with van der Waals surface area (Å²) in [5.74, 6) is 1.55. The molecule has 94 valence electrons. The van der Waals surface area contributed by atoms with Crippen molar-refractivity contribution in [1.29, 1.82) is 0 Å². The van der Waals surface area contributed by atoms with E-state index in [-0.39, 0.29) is 10.3 Å². The Bertz CT molecular complexity index is 462. The number of nitrogens with one attached hydrogen (secondary N) is 2. The lowest BCUT2D eigenvalue weighted by atomic mass is 10.1. The van der Waals surface area contributed by atoms with Crippen LogP contribution >= 0.6 is 11.8 Å². The van der Waals surface area contributed by atoms with Gasteiger partial charge in [0.25, 0.3) is 5.56 Å². The van der Waals surface area contributed by atoms with E-state index in [2.05, 4.69) is 36.1 Å². The first-order valence-electron chi connectivity index (χ1n) is 5.91. The minimum Gasteiger partial charge on any atom is -0.311 e. The number of nitrogens with zero attached hydrogens (tertiary/aromatic N) is 1. The first kappa shape index (κ1) is 12.6. The fourth-order valence-electron chi connectivity index (χ4n) is 1.77. The molecule has 0 bridgehead atoms. The SMILES string of the molecule is CC(C)(C)SCc1nc2c(c(=O)[nH]1)CCNC2. The van der Waals surface area contributed by atoms with Crippen molar-refractivity contribution in [2.75, 3.05) is 6.54 Å². The zero-order valence-electron chi connectivity index (χ0n) is 10.6. The van der Waals surface area contributed by atoms with E-state index in [1.54, 1.807) is 11.8 Å². The summed E-state index contributed by atoms with van der Waals surface area (Å²) in [5.41, 5.74) is 1.82. The summed E-state index contributed by atoms with van der Waals surface area (Å²) in [6.07, 6.45) is 0.782. The van der Waals surface area contributed by atoms with Gasteiger partial charge in [0.15, 0.2) is 0 Å². The molecule has 0 radical (unpaired) electrons. The molecular formula is C12H19N3OS. The largest absolute Gasteiger partial charge is 0.311 e. The van der Waals surface area contributed by atoms with E-state index in [0.29, 0.717) is 6.54 Å². The van der Waals surface area contributed by atoms with Crippen LogP contribution in [-0.4, -0.2) is 21.3 Å². The van der Waals surface area contributed by atoms with Crippen LogP contribution in [0, 0.1) is 0 Å². The van der Waals surface area contributed by atoms with Crippen molar-refractivity contribution in [3.05, 3.63) is 27.4 Å². The highest BCUT2D eigenvalue weighted by molar-refractivity contribution is 7.99. The van der Waals surface area contributed by atoms with E-state index < -0.39 is 0 Å². The van der Waals surface area contributed by atoms with E-state index in [1.165, 1.54) is 0 Å². The summed E-state index contributed by atoms with van der Waals surface area (Å²) in [5, 5.41) is 3.25. The minimum atomic E-state index is 0.0426. The van der Waals surface area contributed by atoms with Gasteiger partial charge in [0.2, 0.25) is 0 Å². The smallest absolute Gasteiger partial charge is 0.254 e. The Morgan fingerprint density at radius 1 is 1.41 bits per heavy atom. The first-order chi connectivity index (χ1) is 7.96. The van der Waals surface area contributed by atoms with Gasteiger partial charge in [-0.2, -0.15) is 0 Å². The maximum absolute atomic E-state index is 11.9. The molecule has 0 fully saturated rings. The zero-order chi connectivity index (χ0) is 12.5. The predicted octanol–water partition coefficient (Wildman–Crippen LogP) is 1.45. The Hall–Kier alpha value is -0.810. The summed E-state index contributed by atoms with van der Waals surface area (Å²) in [4.78, 5) is 19.3. The normalized spacial score (nSPS) is 15.7. The Kier molecular flexibility index (Phi) is 3.58. The number of hydrogen-bond acceptors (Lipinski definition) is 4. The van der Waals surface area contributed by atoms with E-state index in [1.807, 2.05) is 0 Å². The molecule has 0 unspecified atom stereocenters. The highest BCUT2D eigenvalue weighted by Gasteiger charge is 2.16. The maximum atomic E-state index is 11.9. The van der Waals surface area contributed by atoms with Crippen LogP contribution in [0.1, 0.15) is 37.9 Å². The molecule has 2 N–H and O–H groups in total. The summed E-state index contributed by atoms with van der Waals surface area (Å²) in [7, 11) is 0. The van der Waals surface area contributed by atoms with Crippen molar-refractivity contribution >= 4 is 11.8 Å². The third-order valence-electron chi connectivity index (χ3n) is 2.64. The number of hydrogen-bond donors (Lipinski definition) is 2. The van der Waals surface area contributed by atoms with Gasteiger partial charge in [-0.05, 0) is 13.0 Å². The van der Waals surface area contributed by atoms with Crippen molar-refractivity contribution in [1.82, 2.24) is 15.3 Å². The molecule has 1 aliphatic rings. The van der Waals surface area contributed by atoms with Gasteiger partial charge < -0.3 is 10.3 Å². The van der Waals surface area contributed by atoms with E-state index in [0.717, 1.165) is 35.8 Å². The molecule has 0 saturated carbocycles. The topological polar surface area (TPSA) is 57.8 Å². The fraction of sp³-hybridized carbons (Fsp3) is 0.667. The van der Waals surface area contributed by atoms with Crippen LogP contribution < -0.4 is 10.9 Å². The van der Waals surface area contributed by atoms with Gasteiger partial charge in [0, 0.05) is 16.9 Å². The van der Waals surface area contributed by atoms with Crippen LogP contribution in [0.2, 0.25) is 0 Å². The third kappa shape index (κ3) is 3.33. The molecule has 0 atom stereocenters. The summed E-state index contributed by atoms with van der Waals surface area (Å²) in [6.45, 7) is 8.07. The van der Waals surface area contributed by atoms with Gasteiger partial charge in [-0.25, -0.2) is 4.98 Å². The quantitative estimate of drug-likeness (QED) is 0.837. The molecule has 5 heteroatoms. The molecular weight excluding hydrogens is 234 g/mol. The average molecular weight is 253 g/mol. The van der Waals surface area contributed by atoms with Crippen LogP contribution in [0.5, 0.6) is 0 Å². The van der Waals surface area contributed by atoms with Gasteiger partial charge in [0.1, 0.15) is 5.82 Å². The van der Waals surface area contributed by atoms with Crippen LogP contribution in [0.25, 0.3) is 0 Å². The van der Waals surface area contributed by atoms with E-state index >= 15 is 0 Å². The van der Waals surface area contributed by atoms with Crippen molar-refractivity contribution < 1.29 is 0 Å². The second-order valence-electron chi connectivity index (χ2n) is 5.27. The number of aromatic nitrogens is 2. The molecule has 0 aliphatic carbocycles. The lowest BCUT2D eigenvalue weighted by molar-refractivity contribution is 0.614. The molecule has 2 heterocycles. The molecule has 4 nitrogen and oxygen atoms in total. The Labute approximate surface area is 106 Å². The average Bonchev–Trinajstić information content (AvgIpc) is 2.26. The maximum Gasteiger partial charge on any atom is 0.254 e. The zero-order valence-corrected chi connectivity index (χ0v) is 11.4. The fourth-order valence-corrected chi connectivity index (χ4v) is 2.48. The molecule has 0 aromatic carbocycles. The molecule has 1 aromatic heterocycles. The second-order valence-corrected chi connectivity index (χ2v) is 7.07. The first-order valence-corrected chi connectivity index (χ1v) is 6.90. The molecule has 1 aliphatic heterocycles. The number of rotatable bonds is 2. The van der Waals surface area contributed by atoms with E-state index in [4.69, 9.17) is 0 Å². The molecule has 2 rings (SSSR count). The van der Waals surface area contributed by atoms with Crippen molar-refractivity contribution in [2.24, 2.45) is 0 Å². The standard InChI is InChI=1S/C12H19N3OS/c1-12(2,3)17-7-10-14-9-6-13-5-4-8(9)11(16)15-10/h13H,4-7H2,1-3H3,(H,14,15,16). The van der Waals surface area contributed by atoms with Crippen LogP contribution in [0.3, 0.4) is 0 Å². The lowest BCUT2D eigenvalue weighted by Gasteiger charge is -2.19. The number of H-pyrrole nitrogens is 1. The minimum absolute atomic E-state index is 0.0426. The summed E-state index contributed by atoms with van der Waals surface area (Å²) < 4.78 is 0.187. The Balaban J connectivity index is 2.20. The van der Waals surface area contributed by atoms with Crippen molar-refractivity contribution in [3.8, 4) is 0 Å². The molecule has 1 aromatic rings. The molecule has 17 heavy (non-hydrogen) atoms. The van der Waals surface area contributed by atoms with Crippen LogP contribution in [0.4, 0.5) is 0 Å². The molecule has 0 amide bonds. The lowest BCUT2D eigenvalue weighted by Crippen LogP contribution is -2.31. The Morgan fingerprint density at radius 2 is 2.18 bits per heavy atom. The number of fused-ring (bicyclic) bond motifs is 1. The van der Waals surface area contributed by atoms with Gasteiger partial charge in [-0.3, -0.25) is 4.79 Å². The highest BCUT2D eigenvalue weighted by atomic mass is 32.2. The van der Waals surface area contributed by atoms with Gasteiger partial charge in [-0.1, -0.05) is 20.8 Å². The molecule has 0 saturated heterocycles. The van der Waals surface area contributed by atoms with Gasteiger partial charge in [0.05, 0.1) is 11.4 Å². The monoisotopic (exact) mass is 253 g/mol. The van der Waals surface area contributed by atoms with Crippen LogP contribution in [0.15, 0.2) is 4.79 Å². The second kappa shape index (κ2) is 4.82. The number of aromatic amines is 1. The summed E-state index contributed by atoms with van der Waals surface area (Å²) >= 11 is 1.79. The third-order valence-corrected chi connectivity index (χ3v) is 3.92. The van der Waals surface area contributed by atoms with Crippen molar-refractivity contribution in [2.45, 2.75) is 44.2 Å². The summed E-state index contributed by atoms with van der Waals surface area (Å²) in [6, 6.07) is 0.